The van der Waals surface area contributed by atoms with Gasteiger partial charge in [0.2, 0.25) is 11.8 Å². The van der Waals surface area contributed by atoms with Gasteiger partial charge in [0.1, 0.15) is 0 Å². The van der Waals surface area contributed by atoms with Gasteiger partial charge < -0.3 is 10.4 Å². The van der Waals surface area contributed by atoms with Gasteiger partial charge in [-0.2, -0.15) is 0 Å². The number of carbonyl (C=O) groups is 3. The number of hydrogen-bond acceptors (Lipinski definition) is 4. The smallest absolute Gasteiger partial charge is 0.306 e. The van der Waals surface area contributed by atoms with Gasteiger partial charge in [0.05, 0.1) is 18.4 Å². The van der Waals surface area contributed by atoms with Gasteiger partial charge >= 0.3 is 5.97 Å². The molecular weight excluding hydrogens is 260 g/mol. The minimum atomic E-state index is -0.754. The number of carboxylic acid groups (broad SMARTS) is 1. The molecule has 3 atom stereocenters. The molecule has 0 aromatic rings. The van der Waals surface area contributed by atoms with Crippen LogP contribution in [-0.4, -0.2) is 46.9 Å². The molecule has 2 N–H and O–H groups in total. The molecule has 2 amide bonds. The second-order valence-electron chi connectivity index (χ2n) is 5.68. The second kappa shape index (κ2) is 6.35. The van der Waals surface area contributed by atoms with Crippen molar-refractivity contribution in [2.75, 3.05) is 13.1 Å². The van der Waals surface area contributed by atoms with Crippen LogP contribution in [0.4, 0.5) is 0 Å². The Kier molecular flexibility index (Phi) is 4.75. The van der Waals surface area contributed by atoms with Gasteiger partial charge in [-0.05, 0) is 31.7 Å². The molecular formula is C14H22N2O4. The van der Waals surface area contributed by atoms with Crippen molar-refractivity contribution in [3.05, 3.63) is 0 Å². The molecule has 20 heavy (non-hydrogen) atoms. The van der Waals surface area contributed by atoms with Gasteiger partial charge in [0.25, 0.3) is 0 Å². The Bertz CT molecular complexity index is 410. The summed E-state index contributed by atoms with van der Waals surface area (Å²) in [4.78, 5) is 36.2. The summed E-state index contributed by atoms with van der Waals surface area (Å²) >= 11 is 0. The zero-order valence-electron chi connectivity index (χ0n) is 11.8. The molecule has 0 spiro atoms. The molecule has 0 bridgehead atoms. The van der Waals surface area contributed by atoms with Crippen LogP contribution in [0.15, 0.2) is 0 Å². The summed E-state index contributed by atoms with van der Waals surface area (Å²) in [5.41, 5.74) is 0. The normalized spacial score (nSPS) is 30.2. The Morgan fingerprint density at radius 2 is 2.15 bits per heavy atom. The van der Waals surface area contributed by atoms with Gasteiger partial charge in [-0.25, -0.2) is 0 Å². The maximum Gasteiger partial charge on any atom is 0.306 e. The first-order valence-corrected chi connectivity index (χ1v) is 7.35. The van der Waals surface area contributed by atoms with Crippen molar-refractivity contribution in [2.45, 2.75) is 45.1 Å². The molecule has 6 nitrogen and oxygen atoms in total. The highest BCUT2D eigenvalue weighted by Crippen LogP contribution is 2.31. The van der Waals surface area contributed by atoms with E-state index in [1.807, 2.05) is 6.92 Å². The zero-order valence-corrected chi connectivity index (χ0v) is 11.8. The monoisotopic (exact) mass is 282 g/mol. The first-order valence-electron chi connectivity index (χ1n) is 7.35. The van der Waals surface area contributed by atoms with Gasteiger partial charge in [-0.15, -0.1) is 0 Å². The number of nitrogens with zero attached hydrogens (tertiary/aromatic N) is 1. The van der Waals surface area contributed by atoms with E-state index in [4.69, 9.17) is 5.11 Å². The van der Waals surface area contributed by atoms with Crippen molar-refractivity contribution < 1.29 is 19.5 Å². The van der Waals surface area contributed by atoms with Crippen molar-refractivity contribution in [1.82, 2.24) is 10.2 Å². The first kappa shape index (κ1) is 15.0. The number of likely N-dealkylation sites (tertiary alicyclic amines) is 1. The lowest BCUT2D eigenvalue weighted by molar-refractivity contribution is -0.143. The van der Waals surface area contributed by atoms with Crippen molar-refractivity contribution >= 4 is 17.8 Å². The summed E-state index contributed by atoms with van der Waals surface area (Å²) < 4.78 is 0. The van der Waals surface area contributed by atoms with E-state index >= 15 is 0 Å². The Labute approximate surface area is 118 Å². The molecule has 2 fully saturated rings. The summed E-state index contributed by atoms with van der Waals surface area (Å²) in [5, 5.41) is 12.2. The third kappa shape index (κ3) is 3.00. The number of aliphatic carboxylic acids is 1. The van der Waals surface area contributed by atoms with Crippen molar-refractivity contribution in [3.8, 4) is 0 Å². The standard InChI is InChI=1S/C14H22N2O4/c1-2-6-16-12(17)7-11(13(16)18)15-8-9-4-3-5-10(9)14(19)20/h9-11,15H,2-8H2,1H3,(H,19,20). The van der Waals surface area contributed by atoms with Crippen LogP contribution >= 0.6 is 0 Å². The Balaban J connectivity index is 1.87. The molecule has 2 aliphatic rings. The number of hydrogen-bond donors (Lipinski definition) is 2. The highest BCUT2D eigenvalue weighted by molar-refractivity contribution is 6.05. The van der Waals surface area contributed by atoms with E-state index in [0.29, 0.717) is 19.5 Å². The van der Waals surface area contributed by atoms with Crippen LogP contribution in [0.3, 0.4) is 0 Å². The third-order valence-electron chi connectivity index (χ3n) is 4.29. The van der Waals surface area contributed by atoms with Crippen molar-refractivity contribution in [1.29, 1.82) is 0 Å². The lowest BCUT2D eigenvalue weighted by Crippen LogP contribution is -2.41. The fourth-order valence-electron chi connectivity index (χ4n) is 3.20. The maximum absolute atomic E-state index is 12.1. The van der Waals surface area contributed by atoms with Crippen molar-refractivity contribution in [2.24, 2.45) is 11.8 Å². The Hall–Kier alpha value is -1.43. The molecule has 112 valence electrons. The van der Waals surface area contributed by atoms with Crippen molar-refractivity contribution in [3.63, 3.8) is 0 Å². The highest BCUT2D eigenvalue weighted by Gasteiger charge is 2.39. The molecule has 1 saturated heterocycles. The Morgan fingerprint density at radius 1 is 1.40 bits per heavy atom. The lowest BCUT2D eigenvalue weighted by atomic mass is 9.96. The molecule has 0 aromatic carbocycles. The van der Waals surface area contributed by atoms with E-state index < -0.39 is 12.0 Å². The molecule has 1 heterocycles. The predicted octanol–water partition coefficient (Wildman–Crippen LogP) is 0.614. The van der Waals surface area contributed by atoms with E-state index in [2.05, 4.69) is 5.32 Å². The van der Waals surface area contributed by atoms with Crippen LogP contribution in [0.5, 0.6) is 0 Å². The SMILES string of the molecule is CCCN1C(=O)CC(NCC2CCCC2C(=O)O)C1=O. The van der Waals surface area contributed by atoms with E-state index in [0.717, 1.165) is 19.3 Å². The molecule has 0 aromatic heterocycles. The first-order chi connectivity index (χ1) is 9.54. The molecule has 1 aliphatic heterocycles. The third-order valence-corrected chi connectivity index (χ3v) is 4.29. The minimum Gasteiger partial charge on any atom is -0.481 e. The van der Waals surface area contributed by atoms with Crippen LogP contribution < -0.4 is 5.32 Å². The lowest BCUT2D eigenvalue weighted by Gasteiger charge is -2.19. The summed E-state index contributed by atoms with van der Waals surface area (Å²) in [7, 11) is 0. The summed E-state index contributed by atoms with van der Waals surface area (Å²) in [5.74, 6) is -1.30. The average Bonchev–Trinajstić information content (AvgIpc) is 2.96. The maximum atomic E-state index is 12.1. The van der Waals surface area contributed by atoms with Gasteiger partial charge in [-0.1, -0.05) is 13.3 Å². The number of carboxylic acids is 1. The molecule has 3 unspecified atom stereocenters. The van der Waals surface area contributed by atoms with Gasteiger partial charge in [0.15, 0.2) is 0 Å². The number of nitrogens with one attached hydrogen (secondary N) is 1. The Morgan fingerprint density at radius 3 is 2.80 bits per heavy atom. The minimum absolute atomic E-state index is 0.0654. The number of amides is 2. The van der Waals surface area contributed by atoms with Crippen LogP contribution in [-0.2, 0) is 14.4 Å². The van der Waals surface area contributed by atoms with Crippen LogP contribution in [0, 0.1) is 11.8 Å². The van der Waals surface area contributed by atoms with E-state index in [-0.39, 0.29) is 30.1 Å². The predicted molar refractivity (Wildman–Crippen MR) is 71.9 cm³/mol. The molecule has 2 rings (SSSR count). The van der Waals surface area contributed by atoms with Crippen LogP contribution in [0.1, 0.15) is 39.0 Å². The van der Waals surface area contributed by atoms with E-state index in [9.17, 15) is 14.4 Å². The fourth-order valence-corrected chi connectivity index (χ4v) is 3.20. The van der Waals surface area contributed by atoms with Gasteiger partial charge in [-0.3, -0.25) is 19.3 Å². The van der Waals surface area contributed by atoms with Gasteiger partial charge in [0, 0.05) is 6.54 Å². The summed E-state index contributed by atoms with van der Waals surface area (Å²) in [6, 6.07) is -0.468. The largest absolute Gasteiger partial charge is 0.481 e. The average molecular weight is 282 g/mol. The fraction of sp³-hybridized carbons (Fsp3) is 0.786. The zero-order chi connectivity index (χ0) is 14.7. The van der Waals surface area contributed by atoms with Crippen LogP contribution in [0.2, 0.25) is 0 Å². The molecule has 0 radical (unpaired) electrons. The summed E-state index contributed by atoms with van der Waals surface area (Å²) in [6.07, 6.45) is 3.46. The van der Waals surface area contributed by atoms with Crippen LogP contribution in [0.25, 0.3) is 0 Å². The second-order valence-corrected chi connectivity index (χ2v) is 5.68. The number of rotatable bonds is 6. The highest BCUT2D eigenvalue weighted by atomic mass is 16.4. The number of imide groups is 1. The molecule has 1 saturated carbocycles. The molecule has 6 heteroatoms. The van der Waals surface area contributed by atoms with E-state index in [1.54, 1.807) is 0 Å². The summed E-state index contributed by atoms with van der Waals surface area (Å²) in [6.45, 7) is 2.90. The quantitative estimate of drug-likeness (QED) is 0.697. The topological polar surface area (TPSA) is 86.7 Å². The van der Waals surface area contributed by atoms with E-state index in [1.165, 1.54) is 4.90 Å². The number of carbonyl (C=O) groups excluding carboxylic acids is 2. The molecule has 1 aliphatic carbocycles.